The number of anilines is 1. The molecule has 0 radical (unpaired) electrons. The average molecular weight is 498 g/mol. The molecule has 154 valence electrons. The molecule has 0 saturated carbocycles. The number of hydrogen-bond acceptors (Lipinski definition) is 4. The minimum Gasteiger partial charge on any atom is -0.493 e. The van der Waals surface area contributed by atoms with E-state index in [4.69, 9.17) is 15.2 Å². The summed E-state index contributed by atoms with van der Waals surface area (Å²) in [5, 5.41) is 3.17. The summed E-state index contributed by atoms with van der Waals surface area (Å²) < 4.78 is 10.6. The summed E-state index contributed by atoms with van der Waals surface area (Å²) in [4.78, 5) is 6.57. The largest absolute Gasteiger partial charge is 0.493 e. The molecule has 0 unspecified atom stereocenters. The van der Waals surface area contributed by atoms with Crippen LogP contribution in [0.5, 0.6) is 11.5 Å². The van der Waals surface area contributed by atoms with Crippen LogP contribution in [-0.4, -0.2) is 40.8 Å². The van der Waals surface area contributed by atoms with Crippen LogP contribution in [0, 0.1) is 6.92 Å². The maximum absolute atomic E-state index is 6.02. The molecule has 2 rings (SSSR count). The molecule has 6 nitrogen and oxygen atoms in total. The van der Waals surface area contributed by atoms with Crippen molar-refractivity contribution in [1.29, 1.82) is 0 Å². The molecule has 0 bridgehead atoms. The lowest BCUT2D eigenvalue weighted by Gasteiger charge is -2.17. The van der Waals surface area contributed by atoms with E-state index in [2.05, 4.69) is 40.3 Å². The predicted octanol–water partition coefficient (Wildman–Crippen LogP) is 3.34. The first-order valence-corrected chi connectivity index (χ1v) is 8.96. The first kappa shape index (κ1) is 23.9. The van der Waals surface area contributed by atoms with Crippen molar-refractivity contribution in [2.45, 2.75) is 19.9 Å². The lowest BCUT2D eigenvalue weighted by molar-refractivity contribution is 0.354. The highest BCUT2D eigenvalue weighted by Crippen LogP contribution is 2.27. The summed E-state index contributed by atoms with van der Waals surface area (Å²) in [6.45, 7) is 3.33. The molecule has 0 heterocycles. The zero-order valence-corrected chi connectivity index (χ0v) is 19.6. The van der Waals surface area contributed by atoms with Gasteiger partial charge in [0.1, 0.15) is 0 Å². The van der Waals surface area contributed by atoms with Gasteiger partial charge < -0.3 is 25.4 Å². The molecule has 7 heteroatoms. The van der Waals surface area contributed by atoms with Crippen LogP contribution >= 0.6 is 24.0 Å². The Morgan fingerprint density at radius 1 is 1.07 bits per heavy atom. The number of ether oxygens (including phenoxy) is 2. The summed E-state index contributed by atoms with van der Waals surface area (Å²) in [7, 11) is 7.34. The third kappa shape index (κ3) is 6.78. The summed E-state index contributed by atoms with van der Waals surface area (Å²) in [6, 6.07) is 12.3. The van der Waals surface area contributed by atoms with E-state index in [1.165, 1.54) is 5.56 Å². The molecule has 0 aliphatic heterocycles. The molecule has 0 aliphatic carbocycles. The molecule has 0 amide bonds. The van der Waals surface area contributed by atoms with Crippen LogP contribution in [0.25, 0.3) is 0 Å². The molecule has 0 aromatic heterocycles. The first-order chi connectivity index (χ1) is 12.9. The van der Waals surface area contributed by atoms with Gasteiger partial charge in [0.2, 0.25) is 0 Å². The summed E-state index contributed by atoms with van der Waals surface area (Å²) in [5.74, 6) is 1.90. The Labute approximate surface area is 185 Å². The van der Waals surface area contributed by atoms with Crippen molar-refractivity contribution in [3.05, 3.63) is 53.1 Å². The van der Waals surface area contributed by atoms with Crippen molar-refractivity contribution in [3.8, 4) is 11.5 Å². The van der Waals surface area contributed by atoms with Gasteiger partial charge in [0.05, 0.1) is 20.8 Å². The van der Waals surface area contributed by atoms with Gasteiger partial charge >= 0.3 is 0 Å². The SMILES string of the molecule is COc1ccc(CCNC(N)=NCc2ccc(C)cc2N(C)C)cc1OC.I. The van der Waals surface area contributed by atoms with Gasteiger partial charge in [0.25, 0.3) is 0 Å². The van der Waals surface area contributed by atoms with Crippen molar-refractivity contribution in [2.24, 2.45) is 10.7 Å². The number of benzene rings is 2. The fraction of sp³-hybridized carbons (Fsp3) is 0.381. The smallest absolute Gasteiger partial charge is 0.188 e. The maximum Gasteiger partial charge on any atom is 0.188 e. The van der Waals surface area contributed by atoms with Crippen molar-refractivity contribution in [1.82, 2.24) is 5.32 Å². The number of hydrogen-bond donors (Lipinski definition) is 2. The predicted molar refractivity (Wildman–Crippen MR) is 128 cm³/mol. The third-order valence-electron chi connectivity index (χ3n) is 4.31. The van der Waals surface area contributed by atoms with Gasteiger partial charge in [-0.2, -0.15) is 0 Å². The fourth-order valence-corrected chi connectivity index (χ4v) is 2.82. The Bertz CT molecular complexity index is 794. The maximum atomic E-state index is 6.02. The van der Waals surface area contributed by atoms with Gasteiger partial charge in [-0.05, 0) is 48.2 Å². The van der Waals surface area contributed by atoms with E-state index in [0.29, 0.717) is 19.0 Å². The van der Waals surface area contributed by atoms with E-state index in [9.17, 15) is 0 Å². The van der Waals surface area contributed by atoms with E-state index < -0.39 is 0 Å². The number of aliphatic imine (C=N–C) groups is 1. The van der Waals surface area contributed by atoms with Gasteiger partial charge in [-0.15, -0.1) is 24.0 Å². The van der Waals surface area contributed by atoms with E-state index >= 15 is 0 Å². The second-order valence-corrected chi connectivity index (χ2v) is 6.59. The molecular formula is C21H31IN4O2. The summed E-state index contributed by atoms with van der Waals surface area (Å²) >= 11 is 0. The second-order valence-electron chi connectivity index (χ2n) is 6.59. The van der Waals surface area contributed by atoms with Crippen molar-refractivity contribution >= 4 is 35.6 Å². The highest BCUT2D eigenvalue weighted by atomic mass is 127. The highest BCUT2D eigenvalue weighted by Gasteiger charge is 2.06. The minimum absolute atomic E-state index is 0. The van der Waals surface area contributed by atoms with Crippen molar-refractivity contribution < 1.29 is 9.47 Å². The zero-order chi connectivity index (χ0) is 19.8. The topological polar surface area (TPSA) is 72.1 Å². The number of nitrogens with two attached hydrogens (primary N) is 1. The molecule has 2 aromatic carbocycles. The molecule has 0 spiro atoms. The van der Waals surface area contributed by atoms with E-state index in [0.717, 1.165) is 34.7 Å². The van der Waals surface area contributed by atoms with Crippen molar-refractivity contribution in [2.75, 3.05) is 39.8 Å². The third-order valence-corrected chi connectivity index (χ3v) is 4.31. The highest BCUT2D eigenvalue weighted by molar-refractivity contribution is 14.0. The van der Waals surface area contributed by atoms with Crippen LogP contribution in [0.15, 0.2) is 41.4 Å². The lowest BCUT2D eigenvalue weighted by Crippen LogP contribution is -2.33. The number of methoxy groups -OCH3 is 2. The van der Waals surface area contributed by atoms with Crippen LogP contribution in [-0.2, 0) is 13.0 Å². The van der Waals surface area contributed by atoms with E-state index in [-0.39, 0.29) is 24.0 Å². The van der Waals surface area contributed by atoms with Crippen LogP contribution in [0.2, 0.25) is 0 Å². The number of aryl methyl sites for hydroxylation is 1. The van der Waals surface area contributed by atoms with E-state index in [1.807, 2.05) is 32.3 Å². The lowest BCUT2D eigenvalue weighted by atomic mass is 10.1. The standard InChI is InChI=1S/C21H30N4O2.HI/c1-15-6-8-17(18(12-15)25(2)3)14-24-21(22)23-11-10-16-7-9-19(26-4)20(13-16)27-5;/h6-9,12-13H,10-11,14H2,1-5H3,(H3,22,23,24);1H. The number of guanidine groups is 1. The fourth-order valence-electron chi connectivity index (χ4n) is 2.82. The Morgan fingerprint density at radius 2 is 1.79 bits per heavy atom. The van der Waals surface area contributed by atoms with Crippen molar-refractivity contribution in [3.63, 3.8) is 0 Å². The summed E-state index contributed by atoms with van der Waals surface area (Å²) in [6.07, 6.45) is 0.810. The first-order valence-electron chi connectivity index (χ1n) is 8.96. The number of nitrogens with zero attached hydrogens (tertiary/aromatic N) is 2. The molecule has 3 N–H and O–H groups in total. The molecule has 0 atom stereocenters. The monoisotopic (exact) mass is 498 g/mol. The van der Waals surface area contributed by atoms with Gasteiger partial charge in [-0.3, -0.25) is 0 Å². The summed E-state index contributed by atoms with van der Waals surface area (Å²) in [5.41, 5.74) is 10.7. The van der Waals surface area contributed by atoms with Gasteiger partial charge in [-0.25, -0.2) is 4.99 Å². The van der Waals surface area contributed by atoms with Gasteiger partial charge in [0, 0.05) is 26.3 Å². The van der Waals surface area contributed by atoms with Crippen LogP contribution in [0.3, 0.4) is 0 Å². The number of nitrogens with one attached hydrogen (secondary N) is 1. The molecule has 0 fully saturated rings. The molecule has 2 aromatic rings. The average Bonchev–Trinajstić information content (AvgIpc) is 2.66. The quantitative estimate of drug-likeness (QED) is 0.332. The van der Waals surface area contributed by atoms with Gasteiger partial charge in [-0.1, -0.05) is 18.2 Å². The molecule has 0 saturated heterocycles. The Kier molecular flexibility index (Phi) is 9.92. The van der Waals surface area contributed by atoms with Gasteiger partial charge in [0.15, 0.2) is 17.5 Å². The molecule has 0 aliphatic rings. The Morgan fingerprint density at radius 3 is 2.43 bits per heavy atom. The zero-order valence-electron chi connectivity index (χ0n) is 17.3. The van der Waals surface area contributed by atoms with E-state index in [1.54, 1.807) is 14.2 Å². The normalized spacial score (nSPS) is 10.8. The number of halogens is 1. The number of rotatable bonds is 8. The van der Waals surface area contributed by atoms with Crippen LogP contribution in [0.1, 0.15) is 16.7 Å². The second kappa shape index (κ2) is 11.6. The Balaban J connectivity index is 0.00000392. The minimum atomic E-state index is 0. The molecular weight excluding hydrogens is 467 g/mol. The van der Waals surface area contributed by atoms with Crippen LogP contribution in [0.4, 0.5) is 5.69 Å². The molecule has 28 heavy (non-hydrogen) atoms. The Hall–Kier alpha value is -2.16. The van der Waals surface area contributed by atoms with Crippen LogP contribution < -0.4 is 25.4 Å².